The Morgan fingerprint density at radius 2 is 2.16 bits per heavy atom. The molecule has 25 heavy (non-hydrogen) atoms. The Morgan fingerprint density at radius 1 is 1.36 bits per heavy atom. The predicted octanol–water partition coefficient (Wildman–Crippen LogP) is 1.74. The minimum atomic E-state index is -0.0662. The van der Waals surface area contributed by atoms with Crippen molar-refractivity contribution >= 4 is 11.8 Å². The molecule has 0 aromatic carbocycles. The van der Waals surface area contributed by atoms with E-state index in [4.69, 9.17) is 0 Å². The molecule has 1 aliphatic rings. The number of aryl methyl sites for hydroxylation is 2. The van der Waals surface area contributed by atoms with Gasteiger partial charge in [0.15, 0.2) is 0 Å². The highest BCUT2D eigenvalue weighted by Crippen LogP contribution is 2.32. The number of carbonyl (C=O) groups is 2. The van der Waals surface area contributed by atoms with Crippen LogP contribution in [0.25, 0.3) is 0 Å². The van der Waals surface area contributed by atoms with Gasteiger partial charge in [0, 0.05) is 39.5 Å². The lowest BCUT2D eigenvalue weighted by Gasteiger charge is -2.24. The van der Waals surface area contributed by atoms with Crippen LogP contribution in [-0.2, 0) is 18.4 Å². The SMILES string of the molecule is CC(=O)NCc1ccc([C@H]2CCCN2C(=O)c2cn(C)nc2C)nc1. The van der Waals surface area contributed by atoms with E-state index in [-0.39, 0.29) is 17.9 Å². The average Bonchev–Trinajstić information content (AvgIpc) is 3.19. The summed E-state index contributed by atoms with van der Waals surface area (Å²) in [6.07, 6.45) is 5.41. The van der Waals surface area contributed by atoms with E-state index in [1.165, 1.54) is 6.92 Å². The molecule has 0 saturated carbocycles. The normalized spacial score (nSPS) is 16.9. The Morgan fingerprint density at radius 3 is 2.76 bits per heavy atom. The quantitative estimate of drug-likeness (QED) is 0.918. The molecule has 2 aromatic rings. The smallest absolute Gasteiger partial charge is 0.257 e. The van der Waals surface area contributed by atoms with Crippen LogP contribution in [-0.4, -0.2) is 38.0 Å². The van der Waals surface area contributed by atoms with Gasteiger partial charge in [0.2, 0.25) is 5.91 Å². The summed E-state index contributed by atoms with van der Waals surface area (Å²) in [6.45, 7) is 4.54. The molecule has 1 saturated heterocycles. The molecule has 7 heteroatoms. The highest BCUT2D eigenvalue weighted by molar-refractivity contribution is 5.95. The van der Waals surface area contributed by atoms with Gasteiger partial charge >= 0.3 is 0 Å². The molecule has 1 fully saturated rings. The number of carbonyl (C=O) groups excluding carboxylic acids is 2. The van der Waals surface area contributed by atoms with E-state index < -0.39 is 0 Å². The fourth-order valence-corrected chi connectivity index (χ4v) is 3.25. The molecule has 3 heterocycles. The zero-order valence-electron chi connectivity index (χ0n) is 14.8. The molecule has 3 rings (SSSR count). The van der Waals surface area contributed by atoms with Crippen molar-refractivity contribution in [3.05, 3.63) is 47.0 Å². The van der Waals surface area contributed by atoms with Crippen molar-refractivity contribution in [3.8, 4) is 0 Å². The highest BCUT2D eigenvalue weighted by Gasteiger charge is 2.32. The van der Waals surface area contributed by atoms with Gasteiger partial charge in [-0.2, -0.15) is 5.10 Å². The third-order valence-electron chi connectivity index (χ3n) is 4.49. The minimum absolute atomic E-state index is 0.0113. The maximum atomic E-state index is 12.9. The van der Waals surface area contributed by atoms with Crippen LogP contribution < -0.4 is 5.32 Å². The number of likely N-dealkylation sites (tertiary alicyclic amines) is 1. The summed E-state index contributed by atoms with van der Waals surface area (Å²) in [4.78, 5) is 30.3. The van der Waals surface area contributed by atoms with Crippen molar-refractivity contribution in [1.82, 2.24) is 25.0 Å². The van der Waals surface area contributed by atoms with Crippen molar-refractivity contribution in [1.29, 1.82) is 0 Å². The Hall–Kier alpha value is -2.70. The van der Waals surface area contributed by atoms with Crippen LogP contribution in [0.15, 0.2) is 24.5 Å². The van der Waals surface area contributed by atoms with Crippen LogP contribution in [0.4, 0.5) is 0 Å². The van der Waals surface area contributed by atoms with E-state index in [1.54, 1.807) is 17.1 Å². The highest BCUT2D eigenvalue weighted by atomic mass is 16.2. The summed E-state index contributed by atoms with van der Waals surface area (Å²) in [5, 5.41) is 7.02. The third kappa shape index (κ3) is 3.70. The van der Waals surface area contributed by atoms with Gasteiger partial charge < -0.3 is 10.2 Å². The van der Waals surface area contributed by atoms with Crippen LogP contribution in [0.5, 0.6) is 0 Å². The molecular formula is C18H23N5O2. The number of pyridine rings is 1. The molecule has 132 valence electrons. The summed E-state index contributed by atoms with van der Waals surface area (Å²) in [6, 6.07) is 3.89. The van der Waals surface area contributed by atoms with Crippen molar-refractivity contribution in [3.63, 3.8) is 0 Å². The second-order valence-electron chi connectivity index (χ2n) is 6.46. The maximum absolute atomic E-state index is 12.9. The van der Waals surface area contributed by atoms with Crippen LogP contribution in [0.3, 0.4) is 0 Å². The van der Waals surface area contributed by atoms with Gasteiger partial charge in [0.05, 0.1) is 23.0 Å². The Kier molecular flexibility index (Phi) is 4.83. The second kappa shape index (κ2) is 7.04. The number of amides is 2. The first-order valence-corrected chi connectivity index (χ1v) is 8.46. The van der Waals surface area contributed by atoms with Gasteiger partial charge in [0.1, 0.15) is 0 Å². The summed E-state index contributed by atoms with van der Waals surface area (Å²) < 4.78 is 1.67. The van der Waals surface area contributed by atoms with E-state index in [1.807, 2.05) is 31.0 Å². The minimum Gasteiger partial charge on any atom is -0.352 e. The molecular weight excluding hydrogens is 318 g/mol. The molecule has 2 aromatic heterocycles. The van der Waals surface area contributed by atoms with Gasteiger partial charge in [-0.25, -0.2) is 0 Å². The number of aromatic nitrogens is 3. The fourth-order valence-electron chi connectivity index (χ4n) is 3.25. The van der Waals surface area contributed by atoms with E-state index in [0.717, 1.165) is 36.3 Å². The molecule has 7 nitrogen and oxygen atoms in total. The van der Waals surface area contributed by atoms with Crippen molar-refractivity contribution < 1.29 is 9.59 Å². The zero-order chi connectivity index (χ0) is 18.0. The van der Waals surface area contributed by atoms with Gasteiger partial charge in [-0.05, 0) is 31.4 Å². The third-order valence-corrected chi connectivity index (χ3v) is 4.49. The van der Waals surface area contributed by atoms with Crippen LogP contribution in [0.1, 0.15) is 53.1 Å². The molecule has 0 bridgehead atoms. The van der Waals surface area contributed by atoms with Crippen LogP contribution in [0, 0.1) is 6.92 Å². The van der Waals surface area contributed by atoms with Gasteiger partial charge in [0.25, 0.3) is 5.91 Å². The molecule has 0 radical (unpaired) electrons. The van der Waals surface area contributed by atoms with Crippen molar-refractivity contribution in [2.45, 2.75) is 39.3 Å². The topological polar surface area (TPSA) is 80.1 Å². The summed E-state index contributed by atoms with van der Waals surface area (Å²) in [5.74, 6) is -0.0549. The number of rotatable bonds is 4. The standard InChI is InChI=1S/C18H23N5O2/c1-12-15(11-22(3)21-12)18(25)23-8-4-5-17(23)16-7-6-14(10-20-16)9-19-13(2)24/h6-7,10-11,17H,4-5,8-9H2,1-3H3,(H,19,24)/t17-/m1/s1. The van der Waals surface area contributed by atoms with Crippen molar-refractivity contribution in [2.24, 2.45) is 7.05 Å². The first-order valence-electron chi connectivity index (χ1n) is 8.46. The molecule has 1 atom stereocenters. The molecule has 1 aliphatic heterocycles. The fraction of sp³-hybridized carbons (Fsp3) is 0.444. The largest absolute Gasteiger partial charge is 0.352 e. The van der Waals surface area contributed by atoms with Crippen molar-refractivity contribution in [2.75, 3.05) is 6.54 Å². The lowest BCUT2D eigenvalue weighted by molar-refractivity contribution is -0.119. The number of hydrogen-bond donors (Lipinski definition) is 1. The van der Waals surface area contributed by atoms with Gasteiger partial charge in [-0.3, -0.25) is 19.3 Å². The van der Waals surface area contributed by atoms with Crippen LogP contribution >= 0.6 is 0 Å². The summed E-state index contributed by atoms with van der Waals surface area (Å²) in [5.41, 5.74) is 3.23. The van der Waals surface area contributed by atoms with E-state index >= 15 is 0 Å². The average molecular weight is 341 g/mol. The second-order valence-corrected chi connectivity index (χ2v) is 6.46. The number of nitrogens with zero attached hydrogens (tertiary/aromatic N) is 4. The lowest BCUT2D eigenvalue weighted by Crippen LogP contribution is -2.31. The monoisotopic (exact) mass is 341 g/mol. The summed E-state index contributed by atoms with van der Waals surface area (Å²) >= 11 is 0. The molecule has 1 N–H and O–H groups in total. The Labute approximate surface area is 147 Å². The number of nitrogens with one attached hydrogen (secondary N) is 1. The zero-order valence-corrected chi connectivity index (χ0v) is 14.8. The Bertz CT molecular complexity index is 781. The van der Waals surface area contributed by atoms with E-state index in [0.29, 0.717) is 12.1 Å². The first kappa shape index (κ1) is 17.1. The molecule has 0 spiro atoms. The van der Waals surface area contributed by atoms with Gasteiger partial charge in [-0.1, -0.05) is 6.07 Å². The molecule has 2 amide bonds. The van der Waals surface area contributed by atoms with Gasteiger partial charge in [-0.15, -0.1) is 0 Å². The van der Waals surface area contributed by atoms with Crippen LogP contribution in [0.2, 0.25) is 0 Å². The Balaban J connectivity index is 1.76. The first-order chi connectivity index (χ1) is 12.0. The van der Waals surface area contributed by atoms with E-state index in [2.05, 4.69) is 15.4 Å². The molecule has 0 aliphatic carbocycles. The predicted molar refractivity (Wildman–Crippen MR) is 92.7 cm³/mol. The lowest BCUT2D eigenvalue weighted by atomic mass is 10.1. The summed E-state index contributed by atoms with van der Waals surface area (Å²) in [7, 11) is 1.82. The van der Waals surface area contributed by atoms with E-state index in [9.17, 15) is 9.59 Å². The molecule has 0 unspecified atom stereocenters. The maximum Gasteiger partial charge on any atom is 0.257 e. The number of hydrogen-bond acceptors (Lipinski definition) is 4.